The monoisotopic (exact) mass is 240 g/mol. The van der Waals surface area contributed by atoms with Crippen molar-refractivity contribution in [1.82, 2.24) is 5.32 Å². The van der Waals surface area contributed by atoms with Crippen molar-refractivity contribution in [3.05, 3.63) is 0 Å². The summed E-state index contributed by atoms with van der Waals surface area (Å²) in [7, 11) is 0. The van der Waals surface area contributed by atoms with Crippen LogP contribution in [0.3, 0.4) is 0 Å². The van der Waals surface area contributed by atoms with Crippen LogP contribution < -0.4 is 11.1 Å². The van der Waals surface area contributed by atoms with E-state index in [0.717, 1.165) is 25.4 Å². The standard InChI is InChI=1S/C15H32N2/c1-14(2,13-8-6-5-7-9-13)12-17-15(3,4)10-11-16/h13,17H,5-12,16H2,1-4H3. The molecule has 0 amide bonds. The Hall–Kier alpha value is -0.0800. The van der Waals surface area contributed by atoms with Gasteiger partial charge in [0.2, 0.25) is 0 Å². The fourth-order valence-electron chi connectivity index (χ4n) is 2.94. The van der Waals surface area contributed by atoms with Crippen LogP contribution in [-0.2, 0) is 0 Å². The highest BCUT2D eigenvalue weighted by atomic mass is 15.0. The molecule has 1 aliphatic carbocycles. The Labute approximate surface area is 108 Å². The summed E-state index contributed by atoms with van der Waals surface area (Å²) < 4.78 is 0. The second-order valence-corrected chi connectivity index (χ2v) is 7.10. The van der Waals surface area contributed by atoms with Crippen molar-refractivity contribution in [2.24, 2.45) is 17.1 Å². The van der Waals surface area contributed by atoms with E-state index in [-0.39, 0.29) is 5.54 Å². The van der Waals surface area contributed by atoms with Crippen molar-refractivity contribution >= 4 is 0 Å². The third-order valence-corrected chi connectivity index (χ3v) is 4.50. The molecule has 1 saturated carbocycles. The molecule has 102 valence electrons. The zero-order valence-corrected chi connectivity index (χ0v) is 12.3. The molecule has 17 heavy (non-hydrogen) atoms. The van der Waals surface area contributed by atoms with Gasteiger partial charge in [0.1, 0.15) is 0 Å². The molecule has 0 saturated heterocycles. The van der Waals surface area contributed by atoms with E-state index >= 15 is 0 Å². The minimum atomic E-state index is 0.181. The molecule has 0 aromatic heterocycles. The molecule has 0 atom stereocenters. The molecule has 0 unspecified atom stereocenters. The maximum Gasteiger partial charge on any atom is 0.0137 e. The highest BCUT2D eigenvalue weighted by Gasteiger charge is 2.31. The van der Waals surface area contributed by atoms with Crippen molar-refractivity contribution in [2.45, 2.75) is 71.8 Å². The summed E-state index contributed by atoms with van der Waals surface area (Å²) in [6.45, 7) is 11.3. The summed E-state index contributed by atoms with van der Waals surface area (Å²) in [6.07, 6.45) is 8.20. The molecule has 0 aliphatic heterocycles. The van der Waals surface area contributed by atoms with E-state index in [4.69, 9.17) is 5.73 Å². The van der Waals surface area contributed by atoms with Crippen LogP contribution in [0.2, 0.25) is 0 Å². The van der Waals surface area contributed by atoms with Gasteiger partial charge in [0.25, 0.3) is 0 Å². The molecule has 2 nitrogen and oxygen atoms in total. The summed E-state index contributed by atoms with van der Waals surface area (Å²) in [5, 5.41) is 3.72. The van der Waals surface area contributed by atoms with E-state index in [1.165, 1.54) is 32.1 Å². The quantitative estimate of drug-likeness (QED) is 0.747. The molecule has 3 N–H and O–H groups in total. The SMILES string of the molecule is CC(C)(CCN)NCC(C)(C)C1CCCCC1. The van der Waals surface area contributed by atoms with E-state index in [1.807, 2.05) is 0 Å². The molecule has 0 spiro atoms. The van der Waals surface area contributed by atoms with E-state index in [9.17, 15) is 0 Å². The van der Waals surface area contributed by atoms with Gasteiger partial charge in [0, 0.05) is 12.1 Å². The number of rotatable bonds is 6. The van der Waals surface area contributed by atoms with Gasteiger partial charge in [0.15, 0.2) is 0 Å². The van der Waals surface area contributed by atoms with E-state index in [2.05, 4.69) is 33.0 Å². The van der Waals surface area contributed by atoms with Crippen molar-refractivity contribution < 1.29 is 0 Å². The van der Waals surface area contributed by atoms with Gasteiger partial charge in [-0.3, -0.25) is 0 Å². The smallest absolute Gasteiger partial charge is 0.0137 e. The summed E-state index contributed by atoms with van der Waals surface area (Å²) in [6, 6.07) is 0. The normalized spacial score (nSPS) is 19.6. The molecule has 0 bridgehead atoms. The van der Waals surface area contributed by atoms with E-state index < -0.39 is 0 Å². The van der Waals surface area contributed by atoms with E-state index in [0.29, 0.717) is 5.41 Å². The van der Waals surface area contributed by atoms with Gasteiger partial charge in [0.05, 0.1) is 0 Å². The molecule has 1 fully saturated rings. The zero-order chi connectivity index (χ0) is 12.9. The lowest BCUT2D eigenvalue weighted by Gasteiger charge is -2.40. The van der Waals surface area contributed by atoms with Gasteiger partial charge in [-0.2, -0.15) is 0 Å². The average molecular weight is 240 g/mol. The molecule has 1 rings (SSSR count). The van der Waals surface area contributed by atoms with Crippen molar-refractivity contribution in [2.75, 3.05) is 13.1 Å². The predicted octanol–water partition coefficient (Wildman–Crippen LogP) is 3.31. The first-order valence-electron chi connectivity index (χ1n) is 7.32. The minimum Gasteiger partial charge on any atom is -0.330 e. The van der Waals surface area contributed by atoms with Crippen molar-refractivity contribution in [3.8, 4) is 0 Å². The van der Waals surface area contributed by atoms with Crippen LogP contribution >= 0.6 is 0 Å². The Balaban J connectivity index is 2.42. The lowest BCUT2D eigenvalue weighted by Crippen LogP contribution is -2.47. The van der Waals surface area contributed by atoms with Crippen LogP contribution in [0.25, 0.3) is 0 Å². The highest BCUT2D eigenvalue weighted by molar-refractivity contribution is 4.87. The topological polar surface area (TPSA) is 38.0 Å². The zero-order valence-electron chi connectivity index (χ0n) is 12.3. The lowest BCUT2D eigenvalue weighted by molar-refractivity contribution is 0.140. The Kier molecular flexibility index (Phi) is 5.46. The summed E-state index contributed by atoms with van der Waals surface area (Å²) in [5.74, 6) is 0.900. The molecule has 0 aromatic carbocycles. The molecule has 0 radical (unpaired) electrons. The predicted molar refractivity (Wildman–Crippen MR) is 76.1 cm³/mol. The van der Waals surface area contributed by atoms with Crippen LogP contribution in [0.5, 0.6) is 0 Å². The Morgan fingerprint density at radius 1 is 1.06 bits per heavy atom. The summed E-state index contributed by atoms with van der Waals surface area (Å²) in [5.41, 5.74) is 6.26. The third-order valence-electron chi connectivity index (χ3n) is 4.50. The highest BCUT2D eigenvalue weighted by Crippen LogP contribution is 2.38. The van der Waals surface area contributed by atoms with Gasteiger partial charge in [-0.25, -0.2) is 0 Å². The van der Waals surface area contributed by atoms with Crippen molar-refractivity contribution in [3.63, 3.8) is 0 Å². The first-order valence-corrected chi connectivity index (χ1v) is 7.32. The van der Waals surface area contributed by atoms with Crippen LogP contribution in [0.4, 0.5) is 0 Å². The number of hydrogen-bond acceptors (Lipinski definition) is 2. The Morgan fingerprint density at radius 3 is 2.18 bits per heavy atom. The molecule has 1 aliphatic rings. The van der Waals surface area contributed by atoms with Gasteiger partial charge in [-0.15, -0.1) is 0 Å². The fourth-order valence-corrected chi connectivity index (χ4v) is 2.94. The maximum atomic E-state index is 5.66. The van der Waals surface area contributed by atoms with Crippen LogP contribution in [0.1, 0.15) is 66.2 Å². The Morgan fingerprint density at radius 2 is 1.65 bits per heavy atom. The van der Waals surface area contributed by atoms with Gasteiger partial charge in [-0.05, 0) is 51.0 Å². The van der Waals surface area contributed by atoms with Gasteiger partial charge < -0.3 is 11.1 Å². The summed E-state index contributed by atoms with van der Waals surface area (Å²) >= 11 is 0. The third kappa shape index (κ3) is 4.97. The fraction of sp³-hybridized carbons (Fsp3) is 1.00. The molecular formula is C15H32N2. The van der Waals surface area contributed by atoms with Crippen molar-refractivity contribution in [1.29, 1.82) is 0 Å². The second kappa shape index (κ2) is 6.19. The minimum absolute atomic E-state index is 0.181. The Bertz CT molecular complexity index is 215. The lowest BCUT2D eigenvalue weighted by atomic mass is 9.71. The van der Waals surface area contributed by atoms with Gasteiger partial charge >= 0.3 is 0 Å². The number of nitrogens with two attached hydrogens (primary N) is 1. The van der Waals surface area contributed by atoms with Crippen LogP contribution in [-0.4, -0.2) is 18.6 Å². The molecule has 0 aromatic rings. The van der Waals surface area contributed by atoms with Gasteiger partial charge in [-0.1, -0.05) is 33.1 Å². The molecule has 2 heteroatoms. The first-order chi connectivity index (χ1) is 7.87. The molecular weight excluding hydrogens is 208 g/mol. The number of nitrogens with one attached hydrogen (secondary N) is 1. The first kappa shape index (κ1) is 15.0. The molecule has 0 heterocycles. The maximum absolute atomic E-state index is 5.66. The van der Waals surface area contributed by atoms with Crippen LogP contribution in [0.15, 0.2) is 0 Å². The largest absolute Gasteiger partial charge is 0.330 e. The number of hydrogen-bond donors (Lipinski definition) is 2. The van der Waals surface area contributed by atoms with E-state index in [1.54, 1.807) is 0 Å². The van der Waals surface area contributed by atoms with Crippen LogP contribution in [0, 0.1) is 11.3 Å². The summed E-state index contributed by atoms with van der Waals surface area (Å²) in [4.78, 5) is 0. The second-order valence-electron chi connectivity index (χ2n) is 7.10. The average Bonchev–Trinajstić information content (AvgIpc) is 2.28.